The lowest BCUT2D eigenvalue weighted by atomic mass is 9.98. The second kappa shape index (κ2) is 13.2. The summed E-state index contributed by atoms with van der Waals surface area (Å²) in [5.74, 6) is 1.99. The number of aliphatic hydroxyl groups is 2. The summed E-state index contributed by atoms with van der Waals surface area (Å²) in [7, 11) is 0. The summed E-state index contributed by atoms with van der Waals surface area (Å²) in [5, 5.41) is 21.5. The Morgan fingerprint density at radius 3 is 2.69 bits per heavy atom. The molecule has 3 N–H and O–H groups in total. The third kappa shape index (κ3) is 6.86. The van der Waals surface area contributed by atoms with E-state index in [4.69, 9.17) is 19.2 Å². The van der Waals surface area contributed by atoms with Gasteiger partial charge in [0.05, 0.1) is 13.2 Å². The van der Waals surface area contributed by atoms with Crippen LogP contribution in [0.5, 0.6) is 5.75 Å². The van der Waals surface area contributed by atoms with Crippen LogP contribution in [0.15, 0.2) is 65.1 Å². The van der Waals surface area contributed by atoms with Crippen molar-refractivity contribution in [1.82, 2.24) is 15.2 Å². The summed E-state index contributed by atoms with van der Waals surface area (Å²) in [5.41, 5.74) is 6.93. The van der Waals surface area contributed by atoms with E-state index in [-0.39, 0.29) is 6.61 Å². The van der Waals surface area contributed by atoms with Gasteiger partial charge in [-0.15, -0.1) is 0 Å². The Morgan fingerprint density at radius 2 is 1.87 bits per heavy atom. The molecule has 0 amide bonds. The summed E-state index contributed by atoms with van der Waals surface area (Å²) in [4.78, 5) is 7.20. The van der Waals surface area contributed by atoms with Crippen molar-refractivity contribution in [2.45, 2.75) is 32.7 Å². The van der Waals surface area contributed by atoms with Crippen LogP contribution in [0.3, 0.4) is 0 Å². The van der Waals surface area contributed by atoms with Gasteiger partial charge in [0.15, 0.2) is 5.58 Å². The summed E-state index contributed by atoms with van der Waals surface area (Å²) in [6.45, 7) is 7.64. The standard InChI is InChI=1S/C32H39N3O4/c1-23-28(7-3-8-30(23)38-18-4-14-35-15-11-24(22-37)12-16-35)26-9-10-29-31(20-26)39-32(34-29)27-6-2-5-25(19-27)21-33-13-17-36/h2-3,5-10,19-20,24,33,36-37H,4,11-18,21-22H2,1H3. The first-order valence-electron chi connectivity index (χ1n) is 14.0. The predicted octanol–water partition coefficient (Wildman–Crippen LogP) is 5.03. The van der Waals surface area contributed by atoms with Crippen molar-refractivity contribution in [3.05, 3.63) is 71.8 Å². The molecule has 0 saturated carbocycles. The minimum absolute atomic E-state index is 0.119. The molecular formula is C32H39N3O4. The Balaban J connectivity index is 1.24. The van der Waals surface area contributed by atoms with Crippen LogP contribution >= 0.6 is 0 Å². The van der Waals surface area contributed by atoms with E-state index in [1.807, 2.05) is 36.4 Å². The molecule has 3 aromatic carbocycles. The molecule has 0 unspecified atom stereocenters. The fraction of sp³-hybridized carbons (Fsp3) is 0.406. The van der Waals surface area contributed by atoms with Crippen molar-refractivity contribution in [3.63, 3.8) is 0 Å². The largest absolute Gasteiger partial charge is 0.493 e. The first-order chi connectivity index (χ1) is 19.1. The van der Waals surface area contributed by atoms with Crippen molar-refractivity contribution in [3.8, 4) is 28.3 Å². The number of aromatic nitrogens is 1. The maximum absolute atomic E-state index is 9.33. The van der Waals surface area contributed by atoms with E-state index in [1.54, 1.807) is 0 Å². The van der Waals surface area contributed by atoms with Gasteiger partial charge in [-0.3, -0.25) is 0 Å². The highest BCUT2D eigenvalue weighted by atomic mass is 16.5. The van der Waals surface area contributed by atoms with Crippen molar-refractivity contribution in [2.24, 2.45) is 5.92 Å². The van der Waals surface area contributed by atoms with Crippen molar-refractivity contribution >= 4 is 11.1 Å². The van der Waals surface area contributed by atoms with E-state index >= 15 is 0 Å². The van der Waals surface area contributed by atoms with Gasteiger partial charge in [-0.1, -0.05) is 30.3 Å². The third-order valence-corrected chi connectivity index (χ3v) is 7.62. The molecule has 1 aliphatic heterocycles. The Labute approximate surface area is 230 Å². The van der Waals surface area contributed by atoms with E-state index in [1.165, 1.54) is 0 Å². The highest BCUT2D eigenvalue weighted by molar-refractivity contribution is 5.83. The lowest BCUT2D eigenvalue weighted by Crippen LogP contribution is -2.35. The van der Waals surface area contributed by atoms with E-state index in [2.05, 4.69) is 41.4 Å². The second-order valence-corrected chi connectivity index (χ2v) is 10.4. The van der Waals surface area contributed by atoms with Gasteiger partial charge in [0.2, 0.25) is 5.89 Å². The molecule has 39 heavy (non-hydrogen) atoms. The number of benzene rings is 3. The Kier molecular flexibility index (Phi) is 9.27. The summed E-state index contributed by atoms with van der Waals surface area (Å²) < 4.78 is 12.4. The maximum Gasteiger partial charge on any atom is 0.227 e. The summed E-state index contributed by atoms with van der Waals surface area (Å²) >= 11 is 0. The number of likely N-dealkylation sites (tertiary alicyclic amines) is 1. The van der Waals surface area contributed by atoms with Gasteiger partial charge < -0.3 is 29.6 Å². The van der Waals surface area contributed by atoms with Gasteiger partial charge >= 0.3 is 0 Å². The molecule has 0 spiro atoms. The molecule has 206 valence electrons. The van der Waals surface area contributed by atoms with Crippen LogP contribution in [0.4, 0.5) is 0 Å². The number of oxazole rings is 1. The number of aliphatic hydroxyl groups excluding tert-OH is 2. The molecule has 7 heteroatoms. The zero-order valence-electron chi connectivity index (χ0n) is 22.7. The molecule has 1 aliphatic rings. The lowest BCUT2D eigenvalue weighted by molar-refractivity contribution is 0.126. The van der Waals surface area contributed by atoms with Crippen LogP contribution in [0.1, 0.15) is 30.4 Å². The van der Waals surface area contributed by atoms with Gasteiger partial charge in [0.25, 0.3) is 0 Å². The molecule has 4 aromatic rings. The van der Waals surface area contributed by atoms with E-state index in [0.717, 1.165) is 83.6 Å². The Hall–Kier alpha value is -3.23. The molecule has 5 rings (SSSR count). The molecule has 1 fully saturated rings. The fourth-order valence-electron chi connectivity index (χ4n) is 5.29. The Morgan fingerprint density at radius 1 is 1.03 bits per heavy atom. The normalized spacial score (nSPS) is 14.7. The number of nitrogens with one attached hydrogen (secondary N) is 1. The van der Waals surface area contributed by atoms with Crippen molar-refractivity contribution < 1.29 is 19.4 Å². The highest BCUT2D eigenvalue weighted by Crippen LogP contribution is 2.33. The van der Waals surface area contributed by atoms with Gasteiger partial charge in [0, 0.05) is 31.8 Å². The third-order valence-electron chi connectivity index (χ3n) is 7.62. The van der Waals surface area contributed by atoms with Crippen molar-refractivity contribution in [1.29, 1.82) is 0 Å². The average molecular weight is 530 g/mol. The number of fused-ring (bicyclic) bond motifs is 1. The van der Waals surface area contributed by atoms with Gasteiger partial charge in [-0.2, -0.15) is 0 Å². The summed E-state index contributed by atoms with van der Waals surface area (Å²) in [6.07, 6.45) is 3.16. The Bertz CT molecular complexity index is 1360. The second-order valence-electron chi connectivity index (χ2n) is 10.4. The smallest absolute Gasteiger partial charge is 0.227 e. The van der Waals surface area contributed by atoms with Crippen LogP contribution < -0.4 is 10.1 Å². The zero-order valence-corrected chi connectivity index (χ0v) is 22.7. The van der Waals surface area contributed by atoms with Gasteiger partial charge in [0.1, 0.15) is 11.3 Å². The number of nitrogens with zero attached hydrogens (tertiary/aromatic N) is 2. The zero-order chi connectivity index (χ0) is 27.0. The van der Waals surface area contributed by atoms with Gasteiger partial charge in [-0.05, 0) is 97.8 Å². The summed E-state index contributed by atoms with van der Waals surface area (Å²) in [6, 6.07) is 20.5. The molecule has 0 radical (unpaired) electrons. The molecule has 0 bridgehead atoms. The van der Waals surface area contributed by atoms with E-state index in [0.29, 0.717) is 38.1 Å². The number of rotatable bonds is 12. The quantitative estimate of drug-likeness (QED) is 0.222. The van der Waals surface area contributed by atoms with E-state index < -0.39 is 0 Å². The van der Waals surface area contributed by atoms with Crippen LogP contribution in [0.25, 0.3) is 33.7 Å². The molecule has 0 aliphatic carbocycles. The highest BCUT2D eigenvalue weighted by Gasteiger charge is 2.18. The van der Waals surface area contributed by atoms with E-state index in [9.17, 15) is 5.11 Å². The van der Waals surface area contributed by atoms with Crippen LogP contribution in [-0.2, 0) is 6.54 Å². The number of piperidine rings is 1. The monoisotopic (exact) mass is 529 g/mol. The maximum atomic E-state index is 9.33. The predicted molar refractivity (Wildman–Crippen MR) is 155 cm³/mol. The van der Waals surface area contributed by atoms with Crippen LogP contribution in [0.2, 0.25) is 0 Å². The minimum Gasteiger partial charge on any atom is -0.493 e. The minimum atomic E-state index is 0.119. The van der Waals surface area contributed by atoms with Crippen LogP contribution in [-0.4, -0.2) is 66.1 Å². The van der Waals surface area contributed by atoms with Crippen molar-refractivity contribution in [2.75, 3.05) is 46.0 Å². The number of ether oxygens (including phenoxy) is 1. The molecule has 7 nitrogen and oxygen atoms in total. The molecule has 1 aromatic heterocycles. The average Bonchev–Trinajstić information content (AvgIpc) is 3.40. The topological polar surface area (TPSA) is 91.0 Å². The van der Waals surface area contributed by atoms with Crippen LogP contribution in [0, 0.1) is 12.8 Å². The SMILES string of the molecule is Cc1c(OCCCN2CCC(CO)CC2)cccc1-c1ccc2nc(-c3cccc(CNCCO)c3)oc2c1. The molecule has 2 heterocycles. The molecular weight excluding hydrogens is 490 g/mol. The first kappa shape index (κ1) is 27.3. The fourth-order valence-corrected chi connectivity index (χ4v) is 5.29. The number of hydrogen-bond acceptors (Lipinski definition) is 7. The van der Waals surface area contributed by atoms with Gasteiger partial charge in [-0.25, -0.2) is 4.98 Å². The lowest BCUT2D eigenvalue weighted by Gasteiger charge is -2.30. The first-order valence-corrected chi connectivity index (χ1v) is 14.0. The molecule has 1 saturated heterocycles. The molecule has 0 atom stereocenters. The number of hydrogen-bond donors (Lipinski definition) is 3.